The van der Waals surface area contributed by atoms with Crippen LogP contribution in [0.25, 0.3) is 0 Å². The van der Waals surface area contributed by atoms with Gasteiger partial charge in [0.15, 0.2) is 0 Å². The third kappa shape index (κ3) is 6.49. The number of halogens is 1. The summed E-state index contributed by atoms with van der Waals surface area (Å²) in [6.07, 6.45) is 1.08. The molecule has 1 atom stereocenters. The molecule has 1 aliphatic rings. The summed E-state index contributed by atoms with van der Waals surface area (Å²) in [5.41, 5.74) is 7.47. The van der Waals surface area contributed by atoms with Gasteiger partial charge in [-0.05, 0) is 61.7 Å². The third-order valence-corrected chi connectivity index (χ3v) is 8.27. The molecule has 1 heterocycles. The minimum Gasteiger partial charge on any atom is -0.370 e. The fourth-order valence-electron chi connectivity index (χ4n) is 4.41. The smallest absolute Gasteiger partial charge is 0.255 e. The fourth-order valence-corrected chi connectivity index (χ4v) is 6.09. The molecular formula is C27H29ClN4O4S. The number of hydrogen-bond acceptors (Lipinski definition) is 5. The van der Waals surface area contributed by atoms with Crippen molar-refractivity contribution in [2.24, 2.45) is 11.7 Å². The van der Waals surface area contributed by atoms with Crippen LogP contribution in [0.1, 0.15) is 41.7 Å². The SMILES string of the molecule is C[C@H](NS(=O)(=O)c1cc(NC(=O)c2cccc(Cl)c2)ccc1N1CCC(C(N)=O)CC1)c1ccccc1. The number of rotatable bonds is 8. The summed E-state index contributed by atoms with van der Waals surface area (Å²) in [6, 6.07) is 20.1. The zero-order valence-electron chi connectivity index (χ0n) is 20.4. The van der Waals surface area contributed by atoms with E-state index in [-0.39, 0.29) is 16.7 Å². The summed E-state index contributed by atoms with van der Waals surface area (Å²) < 4.78 is 30.1. The molecule has 0 aliphatic carbocycles. The summed E-state index contributed by atoms with van der Waals surface area (Å²) >= 11 is 6.01. The number of carbonyl (C=O) groups excluding carboxylic acids is 2. The molecule has 0 radical (unpaired) electrons. The summed E-state index contributed by atoms with van der Waals surface area (Å²) in [4.78, 5) is 26.4. The van der Waals surface area contributed by atoms with E-state index in [2.05, 4.69) is 10.0 Å². The average Bonchev–Trinajstić information content (AvgIpc) is 2.89. The van der Waals surface area contributed by atoms with Crippen molar-refractivity contribution in [3.05, 3.63) is 88.9 Å². The molecule has 2 amide bonds. The fraction of sp³-hybridized carbons (Fsp3) is 0.259. The molecule has 4 rings (SSSR count). The number of benzene rings is 3. The van der Waals surface area contributed by atoms with Crippen molar-refractivity contribution in [2.75, 3.05) is 23.3 Å². The highest BCUT2D eigenvalue weighted by Crippen LogP contribution is 2.33. The van der Waals surface area contributed by atoms with Crippen molar-refractivity contribution in [3.8, 4) is 0 Å². The standard InChI is InChI=1S/C27H29ClN4O4S/c1-18(19-6-3-2-4-7-19)31-37(35,36)25-17-23(30-27(34)21-8-5-9-22(28)16-21)10-11-24(25)32-14-12-20(13-15-32)26(29)33/h2-11,16-18,20,31H,12-15H2,1H3,(H2,29,33)(H,30,34)/t18-/m0/s1. The number of nitrogens with two attached hydrogens (primary N) is 1. The van der Waals surface area contributed by atoms with Gasteiger partial charge in [-0.3, -0.25) is 9.59 Å². The van der Waals surface area contributed by atoms with Crippen molar-refractivity contribution < 1.29 is 18.0 Å². The van der Waals surface area contributed by atoms with E-state index in [9.17, 15) is 18.0 Å². The highest BCUT2D eigenvalue weighted by Gasteiger charge is 2.29. The van der Waals surface area contributed by atoms with Gasteiger partial charge in [-0.25, -0.2) is 13.1 Å². The van der Waals surface area contributed by atoms with Gasteiger partial charge in [-0.1, -0.05) is 48.0 Å². The normalized spacial score (nSPS) is 15.2. The molecule has 4 N–H and O–H groups in total. The van der Waals surface area contributed by atoms with E-state index in [1.54, 1.807) is 37.3 Å². The van der Waals surface area contributed by atoms with Crippen LogP contribution in [0.3, 0.4) is 0 Å². The Morgan fingerprint density at radius 3 is 2.35 bits per heavy atom. The predicted molar refractivity (Wildman–Crippen MR) is 145 cm³/mol. The molecule has 0 unspecified atom stereocenters. The lowest BCUT2D eigenvalue weighted by molar-refractivity contribution is -0.122. The van der Waals surface area contributed by atoms with Crippen LogP contribution in [-0.2, 0) is 14.8 Å². The monoisotopic (exact) mass is 540 g/mol. The van der Waals surface area contributed by atoms with Crippen LogP contribution >= 0.6 is 11.6 Å². The van der Waals surface area contributed by atoms with Crippen molar-refractivity contribution in [1.82, 2.24) is 4.72 Å². The van der Waals surface area contributed by atoms with Crippen LogP contribution in [-0.4, -0.2) is 33.3 Å². The van der Waals surface area contributed by atoms with Gasteiger partial charge in [0.25, 0.3) is 5.91 Å². The molecule has 0 spiro atoms. The number of primary amides is 1. The van der Waals surface area contributed by atoms with Crippen LogP contribution < -0.4 is 20.7 Å². The van der Waals surface area contributed by atoms with Gasteiger partial charge in [0.05, 0.1) is 5.69 Å². The molecule has 10 heteroatoms. The van der Waals surface area contributed by atoms with Crippen LogP contribution in [0, 0.1) is 5.92 Å². The summed E-state index contributed by atoms with van der Waals surface area (Å²) in [7, 11) is -4.00. The number of carbonyl (C=O) groups is 2. The number of nitrogens with one attached hydrogen (secondary N) is 2. The number of amides is 2. The topological polar surface area (TPSA) is 122 Å². The van der Waals surface area contributed by atoms with Gasteiger partial charge in [0, 0.05) is 41.3 Å². The molecular weight excluding hydrogens is 512 g/mol. The maximum absolute atomic E-state index is 13.7. The molecule has 0 aromatic heterocycles. The van der Waals surface area contributed by atoms with Crippen molar-refractivity contribution >= 4 is 44.8 Å². The maximum Gasteiger partial charge on any atom is 0.255 e. The molecule has 8 nitrogen and oxygen atoms in total. The molecule has 3 aromatic carbocycles. The van der Waals surface area contributed by atoms with Crippen LogP contribution in [0.5, 0.6) is 0 Å². The van der Waals surface area contributed by atoms with E-state index in [0.29, 0.717) is 47.9 Å². The molecule has 194 valence electrons. The van der Waals surface area contributed by atoms with Crippen LogP contribution in [0.4, 0.5) is 11.4 Å². The summed E-state index contributed by atoms with van der Waals surface area (Å²) in [5.74, 6) is -0.986. The number of hydrogen-bond donors (Lipinski definition) is 3. The second kappa shape index (κ2) is 11.3. The maximum atomic E-state index is 13.7. The first-order chi connectivity index (χ1) is 17.6. The number of piperidine rings is 1. The molecule has 37 heavy (non-hydrogen) atoms. The molecule has 1 saturated heterocycles. The van der Waals surface area contributed by atoms with Gasteiger partial charge in [0.2, 0.25) is 15.9 Å². The van der Waals surface area contributed by atoms with Crippen LogP contribution in [0.15, 0.2) is 77.7 Å². The lowest BCUT2D eigenvalue weighted by Gasteiger charge is -2.33. The summed E-state index contributed by atoms with van der Waals surface area (Å²) in [6.45, 7) is 2.74. The minimum absolute atomic E-state index is 0.0386. The second-order valence-electron chi connectivity index (χ2n) is 9.06. The first-order valence-corrected chi connectivity index (χ1v) is 13.8. The first-order valence-electron chi connectivity index (χ1n) is 12.0. The molecule has 3 aromatic rings. The molecule has 1 aliphatic heterocycles. The molecule has 0 saturated carbocycles. The Hall–Kier alpha value is -3.40. The predicted octanol–water partition coefficient (Wildman–Crippen LogP) is 4.33. The lowest BCUT2D eigenvalue weighted by atomic mass is 9.96. The highest BCUT2D eigenvalue weighted by atomic mass is 35.5. The molecule has 1 fully saturated rings. The van der Waals surface area contributed by atoms with E-state index in [4.69, 9.17) is 17.3 Å². The zero-order valence-corrected chi connectivity index (χ0v) is 21.9. The van der Waals surface area contributed by atoms with E-state index in [1.165, 1.54) is 12.1 Å². The Morgan fingerprint density at radius 2 is 1.70 bits per heavy atom. The molecule has 0 bridgehead atoms. The van der Waals surface area contributed by atoms with E-state index in [0.717, 1.165) is 5.56 Å². The van der Waals surface area contributed by atoms with Gasteiger partial charge in [-0.2, -0.15) is 0 Å². The first kappa shape index (κ1) is 26.7. The quantitative estimate of drug-likeness (QED) is 0.392. The highest BCUT2D eigenvalue weighted by molar-refractivity contribution is 7.89. The average molecular weight is 541 g/mol. The van der Waals surface area contributed by atoms with Gasteiger partial charge < -0.3 is 16.0 Å². The Labute approximate surface area is 221 Å². The third-order valence-electron chi connectivity index (χ3n) is 6.46. The Morgan fingerprint density at radius 1 is 1.00 bits per heavy atom. The van der Waals surface area contributed by atoms with Gasteiger partial charge >= 0.3 is 0 Å². The van der Waals surface area contributed by atoms with Crippen molar-refractivity contribution in [1.29, 1.82) is 0 Å². The van der Waals surface area contributed by atoms with E-state index >= 15 is 0 Å². The van der Waals surface area contributed by atoms with E-state index in [1.807, 2.05) is 35.2 Å². The summed E-state index contributed by atoms with van der Waals surface area (Å²) in [5, 5.41) is 3.19. The zero-order chi connectivity index (χ0) is 26.6. The largest absolute Gasteiger partial charge is 0.370 e. The lowest BCUT2D eigenvalue weighted by Crippen LogP contribution is -2.39. The van der Waals surface area contributed by atoms with Crippen LogP contribution in [0.2, 0.25) is 5.02 Å². The Balaban J connectivity index is 1.66. The van der Waals surface area contributed by atoms with E-state index < -0.39 is 22.0 Å². The van der Waals surface area contributed by atoms with Gasteiger partial charge in [0.1, 0.15) is 4.90 Å². The second-order valence-corrected chi connectivity index (χ2v) is 11.2. The van der Waals surface area contributed by atoms with Crippen molar-refractivity contribution in [3.63, 3.8) is 0 Å². The minimum atomic E-state index is -4.00. The van der Waals surface area contributed by atoms with Crippen molar-refractivity contribution in [2.45, 2.75) is 30.7 Å². The number of nitrogens with zero attached hydrogens (tertiary/aromatic N) is 1. The number of anilines is 2. The number of sulfonamides is 1. The Bertz CT molecular complexity index is 1390. The Kier molecular flexibility index (Phi) is 8.16. The van der Waals surface area contributed by atoms with Gasteiger partial charge in [-0.15, -0.1) is 0 Å².